The summed E-state index contributed by atoms with van der Waals surface area (Å²) in [5.74, 6) is -0.749. The Balaban J connectivity index is 2.68. The Morgan fingerprint density at radius 2 is 2.21 bits per heavy atom. The van der Waals surface area contributed by atoms with Crippen molar-refractivity contribution in [2.24, 2.45) is 5.92 Å². The Hall–Kier alpha value is -1.10. The van der Waals surface area contributed by atoms with Crippen LogP contribution in [0.3, 0.4) is 0 Å². The first-order valence-electron chi connectivity index (χ1n) is 7.34. The predicted octanol–water partition coefficient (Wildman–Crippen LogP) is 1.05. The first-order chi connectivity index (χ1) is 9.19. The molecule has 3 N–H and O–H groups in total. The Morgan fingerprint density at radius 1 is 1.42 bits per heavy atom. The number of aliphatic carboxylic acids is 1. The van der Waals surface area contributed by atoms with E-state index < -0.39 is 5.97 Å². The van der Waals surface area contributed by atoms with Crippen molar-refractivity contribution >= 4 is 12.3 Å². The second-order valence-electron chi connectivity index (χ2n) is 5.25. The van der Waals surface area contributed by atoms with Gasteiger partial charge in [-0.2, -0.15) is 0 Å². The van der Waals surface area contributed by atoms with Crippen LogP contribution in [-0.4, -0.2) is 52.8 Å². The van der Waals surface area contributed by atoms with Gasteiger partial charge < -0.3 is 10.2 Å². The van der Waals surface area contributed by atoms with Gasteiger partial charge in [-0.15, -0.1) is 0 Å². The van der Waals surface area contributed by atoms with Gasteiger partial charge in [0.25, 0.3) is 0 Å². The minimum absolute atomic E-state index is 0.0236. The van der Waals surface area contributed by atoms with Crippen LogP contribution >= 0.6 is 0 Å². The molecule has 110 valence electrons. The highest BCUT2D eigenvalue weighted by Crippen LogP contribution is 2.22. The van der Waals surface area contributed by atoms with E-state index in [0.717, 1.165) is 32.4 Å². The lowest BCUT2D eigenvalue weighted by molar-refractivity contribution is -0.563. The van der Waals surface area contributed by atoms with Gasteiger partial charge >= 0.3 is 5.97 Å². The van der Waals surface area contributed by atoms with Crippen LogP contribution in [0.15, 0.2) is 0 Å². The smallest absolute Gasteiger partial charge is 0.303 e. The molecule has 1 aliphatic rings. The van der Waals surface area contributed by atoms with E-state index in [0.29, 0.717) is 6.42 Å². The molecule has 1 heterocycles. The van der Waals surface area contributed by atoms with E-state index in [2.05, 4.69) is 16.8 Å². The fourth-order valence-electron chi connectivity index (χ4n) is 2.80. The van der Waals surface area contributed by atoms with Gasteiger partial charge in [-0.25, -0.2) is 0 Å². The molecule has 0 aromatic heterocycles. The largest absolute Gasteiger partial charge is 0.481 e. The Kier molecular flexibility index (Phi) is 7.48. The van der Waals surface area contributed by atoms with Gasteiger partial charge in [0.2, 0.25) is 6.34 Å². The van der Waals surface area contributed by atoms with Gasteiger partial charge in [-0.1, -0.05) is 19.8 Å². The highest BCUT2D eigenvalue weighted by atomic mass is 16.4. The van der Waals surface area contributed by atoms with Crippen molar-refractivity contribution < 1.29 is 19.6 Å². The molecule has 0 amide bonds. The number of carboxylic acid groups (broad SMARTS) is 1. The lowest BCUT2D eigenvalue weighted by atomic mass is 9.88. The molecular formula is C14H27N2O3+. The number of nitrogens with zero attached hydrogens (tertiary/aromatic N) is 1. The fourth-order valence-corrected chi connectivity index (χ4v) is 2.80. The molecular weight excluding hydrogens is 244 g/mol. The molecule has 5 heteroatoms. The van der Waals surface area contributed by atoms with Crippen LogP contribution in [0.1, 0.15) is 45.4 Å². The van der Waals surface area contributed by atoms with Gasteiger partial charge in [0.05, 0.1) is 12.5 Å². The lowest BCUT2D eigenvalue weighted by Gasteiger charge is -2.25. The van der Waals surface area contributed by atoms with Crippen molar-refractivity contribution in [2.45, 2.75) is 51.5 Å². The molecule has 0 spiro atoms. The van der Waals surface area contributed by atoms with Crippen molar-refractivity contribution in [3.05, 3.63) is 0 Å². The van der Waals surface area contributed by atoms with Crippen molar-refractivity contribution in [3.63, 3.8) is 0 Å². The van der Waals surface area contributed by atoms with Crippen LogP contribution in [0.25, 0.3) is 0 Å². The van der Waals surface area contributed by atoms with E-state index in [1.807, 2.05) is 6.34 Å². The molecule has 0 aromatic carbocycles. The molecule has 0 fully saturated rings. The first-order valence-corrected chi connectivity index (χ1v) is 7.34. The number of rotatable bonds is 10. The molecule has 0 aromatic rings. The summed E-state index contributed by atoms with van der Waals surface area (Å²) >= 11 is 0. The van der Waals surface area contributed by atoms with Crippen molar-refractivity contribution in [1.29, 1.82) is 0 Å². The van der Waals surface area contributed by atoms with Gasteiger partial charge in [-0.05, 0) is 19.3 Å². The number of hydrogen-bond donors (Lipinski definition) is 3. The molecule has 19 heavy (non-hydrogen) atoms. The maximum absolute atomic E-state index is 11.0. The Morgan fingerprint density at radius 3 is 2.74 bits per heavy atom. The minimum Gasteiger partial charge on any atom is -0.481 e. The van der Waals surface area contributed by atoms with Gasteiger partial charge in [0, 0.05) is 12.5 Å². The summed E-state index contributed by atoms with van der Waals surface area (Å²) in [6.07, 6.45) is 7.14. The minimum atomic E-state index is -0.772. The van der Waals surface area contributed by atoms with E-state index in [-0.39, 0.29) is 25.0 Å². The third-order valence-corrected chi connectivity index (χ3v) is 3.78. The van der Waals surface area contributed by atoms with Gasteiger partial charge in [0.1, 0.15) is 13.1 Å². The van der Waals surface area contributed by atoms with Crippen LogP contribution in [-0.2, 0) is 4.79 Å². The van der Waals surface area contributed by atoms with Crippen LogP contribution < -0.4 is 5.32 Å². The Labute approximate surface area is 115 Å². The summed E-state index contributed by atoms with van der Waals surface area (Å²) < 4.78 is 2.22. The summed E-state index contributed by atoms with van der Waals surface area (Å²) in [6, 6.07) is 0.227. The zero-order valence-electron chi connectivity index (χ0n) is 11.8. The molecule has 1 rings (SSSR count). The number of aliphatic hydroxyl groups excluding tert-OH is 1. The van der Waals surface area contributed by atoms with Crippen molar-refractivity contribution in [2.75, 3.05) is 19.7 Å². The summed E-state index contributed by atoms with van der Waals surface area (Å²) in [6.45, 7) is 4.08. The second-order valence-corrected chi connectivity index (χ2v) is 5.25. The van der Waals surface area contributed by atoms with E-state index in [9.17, 15) is 9.90 Å². The van der Waals surface area contributed by atoms with Gasteiger partial charge in [0.15, 0.2) is 0 Å². The monoisotopic (exact) mass is 271 g/mol. The number of nitrogens with one attached hydrogen (secondary N) is 1. The van der Waals surface area contributed by atoms with Crippen LogP contribution in [0.4, 0.5) is 0 Å². The molecule has 0 radical (unpaired) electrons. The van der Waals surface area contributed by atoms with E-state index in [4.69, 9.17) is 5.11 Å². The standard InChI is InChI=1S/C14H26N2O3/c1-2-3-4-5-13(16-8-7-15-11-16)12(6-9-17)10-14(18)19/h11-13,17H,2-10H2,1H3,(H,18,19)/p+1/t12-,13-/m0/s1. The molecule has 0 unspecified atom stereocenters. The molecule has 5 nitrogen and oxygen atoms in total. The van der Waals surface area contributed by atoms with E-state index in [1.54, 1.807) is 0 Å². The highest BCUT2D eigenvalue weighted by Gasteiger charge is 2.30. The number of aliphatic hydroxyl groups is 1. The van der Waals surface area contributed by atoms with E-state index >= 15 is 0 Å². The van der Waals surface area contributed by atoms with Crippen molar-refractivity contribution in [1.82, 2.24) is 5.32 Å². The molecule has 0 saturated carbocycles. The summed E-state index contributed by atoms with van der Waals surface area (Å²) in [5.41, 5.74) is 0. The lowest BCUT2D eigenvalue weighted by Crippen LogP contribution is -2.35. The average molecular weight is 271 g/mol. The first kappa shape index (κ1) is 16.0. The maximum atomic E-state index is 11.0. The van der Waals surface area contributed by atoms with Crippen molar-refractivity contribution in [3.8, 4) is 0 Å². The predicted molar refractivity (Wildman–Crippen MR) is 74.6 cm³/mol. The number of unbranched alkanes of at least 4 members (excludes halogenated alkanes) is 2. The normalized spacial score (nSPS) is 17.7. The molecule has 1 aliphatic heterocycles. The summed E-state index contributed by atoms with van der Waals surface area (Å²) in [4.78, 5) is 11.0. The Bertz CT molecular complexity index is 305. The second kappa shape index (κ2) is 8.91. The highest BCUT2D eigenvalue weighted by molar-refractivity contribution is 5.67. The molecule has 0 bridgehead atoms. The molecule has 0 saturated heterocycles. The van der Waals surface area contributed by atoms with E-state index in [1.165, 1.54) is 6.42 Å². The maximum Gasteiger partial charge on any atom is 0.303 e. The van der Waals surface area contributed by atoms with Crippen LogP contribution in [0.2, 0.25) is 0 Å². The van der Waals surface area contributed by atoms with Crippen LogP contribution in [0, 0.1) is 5.92 Å². The summed E-state index contributed by atoms with van der Waals surface area (Å²) in [5, 5.41) is 21.4. The zero-order valence-corrected chi connectivity index (χ0v) is 11.8. The molecule has 2 atom stereocenters. The number of carboxylic acids is 1. The SMILES string of the molecule is CCCCC[C@@H]([C@@H](CCO)CC(=O)O)[N+]1=CNCC1. The quantitative estimate of drug-likeness (QED) is 0.410. The third kappa shape index (κ3) is 5.59. The average Bonchev–Trinajstić information content (AvgIpc) is 2.87. The number of hydrogen-bond acceptors (Lipinski definition) is 3. The zero-order chi connectivity index (χ0) is 14.1. The summed E-state index contributed by atoms with van der Waals surface area (Å²) in [7, 11) is 0. The van der Waals surface area contributed by atoms with Gasteiger partial charge in [-0.3, -0.25) is 14.7 Å². The fraction of sp³-hybridized carbons (Fsp3) is 0.857. The van der Waals surface area contributed by atoms with Crippen LogP contribution in [0.5, 0.6) is 0 Å². The topological polar surface area (TPSA) is 72.6 Å². The third-order valence-electron chi connectivity index (χ3n) is 3.78. The molecule has 0 aliphatic carbocycles. The number of carbonyl (C=O) groups is 1.